The molecule has 1 aliphatic heterocycles. The fourth-order valence-electron chi connectivity index (χ4n) is 3.15. The molecule has 10 heteroatoms. The number of nitrogens with one attached hydrogen (secondary N) is 2. The molecule has 0 saturated heterocycles. The molecular weight excluding hydrogens is 403 g/mol. The lowest BCUT2D eigenvalue weighted by Gasteiger charge is -2.28. The fraction of sp³-hybridized carbons (Fsp3) is 0.150. The van der Waals surface area contributed by atoms with Crippen molar-refractivity contribution >= 4 is 5.91 Å². The summed E-state index contributed by atoms with van der Waals surface area (Å²) in [6.45, 7) is 0. The molecule has 154 valence electrons. The van der Waals surface area contributed by atoms with E-state index in [2.05, 4.69) is 10.3 Å². The van der Waals surface area contributed by atoms with Crippen LogP contribution in [0, 0.1) is 0 Å². The Morgan fingerprint density at radius 3 is 2.67 bits per heavy atom. The number of pyridine rings is 2. The molecule has 0 radical (unpaired) electrons. The smallest absolute Gasteiger partial charge is 0.431 e. The number of halogens is 3. The van der Waals surface area contributed by atoms with Gasteiger partial charge in [-0.25, -0.2) is 0 Å². The number of nitrogens with zero attached hydrogens (tertiary/aromatic N) is 1. The lowest BCUT2D eigenvalue weighted by Crippen LogP contribution is -2.35. The Balaban J connectivity index is 1.73. The van der Waals surface area contributed by atoms with E-state index in [0.29, 0.717) is 34.4 Å². The zero-order valence-corrected chi connectivity index (χ0v) is 15.4. The lowest BCUT2D eigenvalue weighted by molar-refractivity contribution is -0.141. The zero-order valence-electron chi connectivity index (χ0n) is 15.4. The van der Waals surface area contributed by atoms with Gasteiger partial charge in [0.25, 0.3) is 11.5 Å². The van der Waals surface area contributed by atoms with Crippen molar-refractivity contribution in [3.8, 4) is 17.2 Å². The Kier molecular flexibility index (Phi) is 4.69. The molecule has 4 rings (SSSR count). The predicted octanol–water partition coefficient (Wildman–Crippen LogP) is 3.42. The third-order valence-electron chi connectivity index (χ3n) is 4.61. The number of methoxy groups -OCH3 is 1. The fourth-order valence-corrected chi connectivity index (χ4v) is 3.15. The topological polar surface area (TPSA) is 93.3 Å². The van der Waals surface area contributed by atoms with Crippen LogP contribution in [-0.2, 0) is 6.18 Å². The normalized spacial score (nSPS) is 14.9. The minimum absolute atomic E-state index is 0.404. The first kappa shape index (κ1) is 19.5. The number of aromatic amines is 1. The van der Waals surface area contributed by atoms with Crippen LogP contribution in [0.3, 0.4) is 0 Å². The molecule has 1 atom stereocenters. The molecule has 1 aliphatic rings. The summed E-state index contributed by atoms with van der Waals surface area (Å²) >= 11 is 0. The van der Waals surface area contributed by atoms with Gasteiger partial charge in [-0.3, -0.25) is 14.6 Å². The van der Waals surface area contributed by atoms with E-state index < -0.39 is 34.9 Å². The van der Waals surface area contributed by atoms with Crippen molar-refractivity contribution in [3.05, 3.63) is 81.5 Å². The standard InChI is InChI=1S/C20H14F3N3O4/c1-29-10-2-4-14-13(8-10)17(11-6-7-24-9-15(11)30-14)26-19(28)12-3-5-16(20(21,22)23)25-18(12)27/h2-9,17H,1H3,(H,25,27)(H,26,28). The van der Waals surface area contributed by atoms with Gasteiger partial charge in [-0.15, -0.1) is 0 Å². The van der Waals surface area contributed by atoms with Crippen LogP contribution in [0.5, 0.6) is 17.2 Å². The Hall–Kier alpha value is -3.82. The summed E-state index contributed by atoms with van der Waals surface area (Å²) < 4.78 is 49.4. The molecule has 2 N–H and O–H groups in total. The van der Waals surface area contributed by atoms with Crippen molar-refractivity contribution < 1.29 is 27.4 Å². The van der Waals surface area contributed by atoms with Crippen LogP contribution in [-0.4, -0.2) is 23.0 Å². The number of fused-ring (bicyclic) bond motifs is 2. The van der Waals surface area contributed by atoms with Gasteiger partial charge in [0.05, 0.1) is 19.3 Å². The number of aromatic nitrogens is 2. The van der Waals surface area contributed by atoms with Crippen LogP contribution in [0.4, 0.5) is 13.2 Å². The Bertz CT molecular complexity index is 1190. The summed E-state index contributed by atoms with van der Waals surface area (Å²) in [4.78, 5) is 30.6. The number of amides is 1. The van der Waals surface area contributed by atoms with Gasteiger partial charge in [-0.05, 0) is 36.4 Å². The van der Waals surface area contributed by atoms with Crippen LogP contribution in [0.1, 0.15) is 33.2 Å². The average Bonchev–Trinajstić information content (AvgIpc) is 2.72. The highest BCUT2D eigenvalue weighted by molar-refractivity contribution is 5.94. The first-order valence-corrected chi connectivity index (χ1v) is 8.69. The second kappa shape index (κ2) is 7.21. The van der Waals surface area contributed by atoms with Crippen molar-refractivity contribution in [1.29, 1.82) is 0 Å². The summed E-state index contributed by atoms with van der Waals surface area (Å²) in [7, 11) is 1.48. The van der Waals surface area contributed by atoms with Gasteiger partial charge < -0.3 is 19.8 Å². The first-order chi connectivity index (χ1) is 14.3. The number of alkyl halides is 3. The first-order valence-electron chi connectivity index (χ1n) is 8.69. The quantitative estimate of drug-likeness (QED) is 0.681. The monoisotopic (exact) mass is 417 g/mol. The van der Waals surface area contributed by atoms with E-state index in [1.54, 1.807) is 29.2 Å². The van der Waals surface area contributed by atoms with E-state index in [4.69, 9.17) is 9.47 Å². The maximum absolute atomic E-state index is 12.8. The molecule has 30 heavy (non-hydrogen) atoms. The number of hydrogen-bond donors (Lipinski definition) is 2. The second-order valence-electron chi connectivity index (χ2n) is 6.44. The van der Waals surface area contributed by atoms with Gasteiger partial charge in [0.15, 0.2) is 5.75 Å². The van der Waals surface area contributed by atoms with E-state index in [1.807, 2.05) is 0 Å². The van der Waals surface area contributed by atoms with Crippen molar-refractivity contribution in [1.82, 2.24) is 15.3 Å². The van der Waals surface area contributed by atoms with Gasteiger partial charge in [0, 0.05) is 17.3 Å². The average molecular weight is 417 g/mol. The number of benzene rings is 1. The molecule has 0 fully saturated rings. The molecule has 1 aromatic carbocycles. The Morgan fingerprint density at radius 1 is 1.17 bits per heavy atom. The highest BCUT2D eigenvalue weighted by Crippen LogP contribution is 2.43. The summed E-state index contributed by atoms with van der Waals surface area (Å²) in [5, 5.41) is 2.69. The van der Waals surface area contributed by atoms with Crippen molar-refractivity contribution in [2.75, 3.05) is 7.11 Å². The number of ether oxygens (including phenoxy) is 2. The van der Waals surface area contributed by atoms with E-state index in [9.17, 15) is 22.8 Å². The molecule has 1 unspecified atom stereocenters. The zero-order chi connectivity index (χ0) is 21.5. The Labute approximate surface area is 167 Å². The van der Waals surface area contributed by atoms with E-state index in [0.717, 1.165) is 6.07 Å². The Morgan fingerprint density at radius 2 is 1.97 bits per heavy atom. The molecule has 3 aromatic rings. The van der Waals surface area contributed by atoms with Crippen LogP contribution in [0.15, 0.2) is 53.6 Å². The van der Waals surface area contributed by atoms with Gasteiger partial charge in [-0.1, -0.05) is 0 Å². The molecular formula is C20H14F3N3O4. The predicted molar refractivity (Wildman–Crippen MR) is 98.7 cm³/mol. The summed E-state index contributed by atoms with van der Waals surface area (Å²) in [5.41, 5.74) is -1.70. The number of hydrogen-bond acceptors (Lipinski definition) is 5. The molecule has 7 nitrogen and oxygen atoms in total. The van der Waals surface area contributed by atoms with Crippen molar-refractivity contribution in [2.24, 2.45) is 0 Å². The minimum atomic E-state index is -4.73. The maximum Gasteiger partial charge on any atom is 0.431 e. The van der Waals surface area contributed by atoms with Crippen LogP contribution < -0.4 is 20.3 Å². The molecule has 0 aliphatic carbocycles. The van der Waals surface area contributed by atoms with Gasteiger partial charge in [0.1, 0.15) is 22.8 Å². The van der Waals surface area contributed by atoms with E-state index >= 15 is 0 Å². The van der Waals surface area contributed by atoms with Crippen LogP contribution in [0.2, 0.25) is 0 Å². The van der Waals surface area contributed by atoms with Gasteiger partial charge in [0.2, 0.25) is 0 Å². The number of rotatable bonds is 3. The SMILES string of the molecule is COc1ccc2c(c1)C(NC(=O)c1ccc(C(F)(F)F)[nH]c1=O)c1ccncc1O2. The van der Waals surface area contributed by atoms with Crippen molar-refractivity contribution in [3.63, 3.8) is 0 Å². The molecule has 0 spiro atoms. The lowest BCUT2D eigenvalue weighted by atomic mass is 9.95. The molecule has 3 heterocycles. The van der Waals surface area contributed by atoms with E-state index in [-0.39, 0.29) is 0 Å². The molecule has 2 aromatic heterocycles. The molecule has 0 bridgehead atoms. The van der Waals surface area contributed by atoms with E-state index in [1.165, 1.54) is 19.5 Å². The largest absolute Gasteiger partial charge is 0.497 e. The van der Waals surface area contributed by atoms with Crippen LogP contribution in [0.25, 0.3) is 0 Å². The number of H-pyrrole nitrogens is 1. The minimum Gasteiger partial charge on any atom is -0.497 e. The number of carbonyl (C=O) groups excluding carboxylic acids is 1. The number of carbonyl (C=O) groups is 1. The van der Waals surface area contributed by atoms with Gasteiger partial charge >= 0.3 is 6.18 Å². The third-order valence-corrected chi connectivity index (χ3v) is 4.61. The maximum atomic E-state index is 12.8. The third kappa shape index (κ3) is 3.47. The summed E-state index contributed by atoms with van der Waals surface area (Å²) in [5.74, 6) is 0.527. The second-order valence-corrected chi connectivity index (χ2v) is 6.44. The van der Waals surface area contributed by atoms with Crippen LogP contribution >= 0.6 is 0 Å². The summed E-state index contributed by atoms with van der Waals surface area (Å²) in [6.07, 6.45) is -1.74. The molecule has 1 amide bonds. The van der Waals surface area contributed by atoms with Crippen molar-refractivity contribution in [2.45, 2.75) is 12.2 Å². The highest BCUT2D eigenvalue weighted by Gasteiger charge is 2.33. The summed E-state index contributed by atoms with van der Waals surface area (Å²) in [6, 6.07) is 7.40. The highest BCUT2D eigenvalue weighted by atomic mass is 19.4. The van der Waals surface area contributed by atoms with Gasteiger partial charge in [-0.2, -0.15) is 13.2 Å². The molecule has 0 saturated carbocycles.